The Hall–Kier alpha value is -2.65. The molecule has 0 spiro atoms. The van der Waals surface area contributed by atoms with Gasteiger partial charge in [0.15, 0.2) is 0 Å². The van der Waals surface area contributed by atoms with Gasteiger partial charge in [0.1, 0.15) is 22.8 Å². The summed E-state index contributed by atoms with van der Waals surface area (Å²) in [4.78, 5) is 0. The molecular formula is C22H20NOS+. The van der Waals surface area contributed by atoms with Crippen molar-refractivity contribution in [3.05, 3.63) is 88.7 Å². The molecule has 2 nitrogen and oxygen atoms in total. The van der Waals surface area contributed by atoms with E-state index in [0.29, 0.717) is 0 Å². The molecule has 0 fully saturated rings. The number of hydrogen-bond acceptors (Lipinski definition) is 2. The second-order valence-corrected chi connectivity index (χ2v) is 7.09. The number of para-hydroxylation sites is 1. The van der Waals surface area contributed by atoms with E-state index in [9.17, 15) is 0 Å². The van der Waals surface area contributed by atoms with Crippen LogP contribution in [0.3, 0.4) is 0 Å². The van der Waals surface area contributed by atoms with Gasteiger partial charge in [-0.05, 0) is 37.6 Å². The molecule has 0 saturated carbocycles. The molecular weight excluding hydrogens is 326 g/mol. The molecule has 0 N–H and O–H groups in total. The molecule has 1 aliphatic rings. The van der Waals surface area contributed by atoms with E-state index in [0.717, 1.165) is 29.2 Å². The van der Waals surface area contributed by atoms with Crippen molar-refractivity contribution in [3.8, 4) is 0 Å². The third-order valence-electron chi connectivity index (χ3n) is 4.24. The zero-order chi connectivity index (χ0) is 17.2. The van der Waals surface area contributed by atoms with Crippen LogP contribution in [0.4, 0.5) is 0 Å². The molecule has 2 aromatic carbocycles. The Morgan fingerprint density at radius 3 is 2.56 bits per heavy atom. The zero-order valence-corrected chi connectivity index (χ0v) is 15.2. The molecule has 0 aliphatic carbocycles. The minimum Gasteiger partial charge on any atom is -0.461 e. The van der Waals surface area contributed by atoms with E-state index in [-0.39, 0.29) is 0 Å². The number of benzene rings is 2. The van der Waals surface area contributed by atoms with Crippen LogP contribution in [0.15, 0.2) is 78.1 Å². The first-order chi connectivity index (χ1) is 12.2. The maximum absolute atomic E-state index is 5.93. The number of rotatable bonds is 3. The summed E-state index contributed by atoms with van der Waals surface area (Å²) >= 11 is 1.83. The molecule has 3 aromatic rings. The number of fused-ring (bicyclic) bond motifs is 1. The van der Waals surface area contributed by atoms with Gasteiger partial charge < -0.3 is 4.74 Å². The predicted molar refractivity (Wildman–Crippen MR) is 105 cm³/mol. The molecule has 0 saturated heterocycles. The molecule has 1 aliphatic heterocycles. The summed E-state index contributed by atoms with van der Waals surface area (Å²) in [5.74, 6) is 1.81. The van der Waals surface area contributed by atoms with E-state index in [1.54, 1.807) is 0 Å². The van der Waals surface area contributed by atoms with Gasteiger partial charge in [-0.2, -0.15) is 4.57 Å². The maximum atomic E-state index is 5.93. The van der Waals surface area contributed by atoms with Crippen molar-refractivity contribution in [2.24, 2.45) is 0 Å². The van der Waals surface area contributed by atoms with E-state index < -0.39 is 0 Å². The molecule has 25 heavy (non-hydrogen) atoms. The number of allylic oxidation sites excluding steroid dienone is 4. The van der Waals surface area contributed by atoms with E-state index in [2.05, 4.69) is 66.1 Å². The predicted octanol–water partition coefficient (Wildman–Crippen LogP) is 5.57. The standard InChI is InChI=1S/C22H20NOS/c1-3-23-19-11-7-8-12-21(19)25-22(23)15-17-13-16(2)24-20(14-17)18-9-5-4-6-10-18/h4-15H,3H2,1-2H3/q+1/b17-15+. The van der Waals surface area contributed by atoms with E-state index in [1.165, 1.54) is 15.2 Å². The topological polar surface area (TPSA) is 13.1 Å². The number of nitrogens with zero attached hydrogens (tertiary/aromatic N) is 1. The lowest BCUT2D eigenvalue weighted by Crippen LogP contribution is -2.33. The highest BCUT2D eigenvalue weighted by atomic mass is 32.1. The van der Waals surface area contributed by atoms with Gasteiger partial charge >= 0.3 is 0 Å². The Kier molecular flexibility index (Phi) is 4.24. The second kappa shape index (κ2) is 6.69. The number of hydrogen-bond donors (Lipinski definition) is 0. The first kappa shape index (κ1) is 15.9. The molecule has 0 amide bonds. The van der Waals surface area contributed by atoms with Crippen LogP contribution in [-0.4, -0.2) is 0 Å². The smallest absolute Gasteiger partial charge is 0.263 e. The summed E-state index contributed by atoms with van der Waals surface area (Å²) in [6.45, 7) is 5.15. The second-order valence-electron chi connectivity index (χ2n) is 6.03. The Labute approximate surface area is 152 Å². The number of aryl methyl sites for hydroxylation is 1. The summed E-state index contributed by atoms with van der Waals surface area (Å²) in [7, 11) is 0. The number of aromatic nitrogens is 1. The first-order valence-electron chi connectivity index (χ1n) is 8.51. The molecule has 2 heterocycles. The molecule has 0 radical (unpaired) electrons. The fraction of sp³-hybridized carbons (Fsp3) is 0.136. The van der Waals surface area contributed by atoms with Gasteiger partial charge in [0.25, 0.3) is 5.01 Å². The minimum atomic E-state index is 0.899. The van der Waals surface area contributed by atoms with Crippen molar-refractivity contribution in [2.75, 3.05) is 0 Å². The van der Waals surface area contributed by atoms with Crippen molar-refractivity contribution < 1.29 is 9.30 Å². The molecule has 124 valence electrons. The van der Waals surface area contributed by atoms with Gasteiger partial charge in [0.05, 0.1) is 0 Å². The molecule has 4 rings (SSSR count). The van der Waals surface area contributed by atoms with Gasteiger partial charge in [-0.15, -0.1) is 0 Å². The highest BCUT2D eigenvalue weighted by Crippen LogP contribution is 2.29. The number of thiazole rings is 1. The summed E-state index contributed by atoms with van der Waals surface area (Å²) in [5.41, 5.74) is 3.55. The summed E-state index contributed by atoms with van der Waals surface area (Å²) in [5, 5.41) is 1.26. The van der Waals surface area contributed by atoms with Gasteiger partial charge in [-0.1, -0.05) is 53.8 Å². The SMILES string of the molecule is CC[n+]1c(/C=C2\C=C(C)OC(c3ccccc3)=C2)sc2ccccc21. The van der Waals surface area contributed by atoms with Gasteiger partial charge in [-0.25, -0.2) is 0 Å². The van der Waals surface area contributed by atoms with Crippen molar-refractivity contribution in [1.82, 2.24) is 0 Å². The van der Waals surface area contributed by atoms with E-state index >= 15 is 0 Å². The molecule has 0 unspecified atom stereocenters. The van der Waals surface area contributed by atoms with Crippen LogP contribution in [0.1, 0.15) is 24.4 Å². The fourth-order valence-electron chi connectivity index (χ4n) is 3.12. The van der Waals surface area contributed by atoms with Crippen molar-refractivity contribution in [1.29, 1.82) is 0 Å². The third kappa shape index (κ3) is 3.15. The Morgan fingerprint density at radius 2 is 1.76 bits per heavy atom. The van der Waals surface area contributed by atoms with Gasteiger partial charge in [0.2, 0.25) is 5.52 Å². The normalized spacial score (nSPS) is 15.8. The highest BCUT2D eigenvalue weighted by Gasteiger charge is 2.18. The molecule has 1 aromatic heterocycles. The average molecular weight is 346 g/mol. The lowest BCUT2D eigenvalue weighted by Gasteiger charge is -2.15. The highest BCUT2D eigenvalue weighted by molar-refractivity contribution is 7.18. The van der Waals surface area contributed by atoms with Crippen LogP contribution in [0.25, 0.3) is 22.1 Å². The summed E-state index contributed by atoms with van der Waals surface area (Å²) in [6.07, 6.45) is 6.46. The first-order valence-corrected chi connectivity index (χ1v) is 9.32. The van der Waals surface area contributed by atoms with E-state index in [4.69, 9.17) is 4.74 Å². The summed E-state index contributed by atoms with van der Waals surface area (Å²) < 4.78 is 9.61. The van der Waals surface area contributed by atoms with Crippen molar-refractivity contribution >= 4 is 33.4 Å². The van der Waals surface area contributed by atoms with Crippen LogP contribution in [-0.2, 0) is 11.3 Å². The van der Waals surface area contributed by atoms with Gasteiger partial charge in [0, 0.05) is 17.7 Å². The van der Waals surface area contributed by atoms with Crippen LogP contribution >= 0.6 is 11.3 Å². The Balaban J connectivity index is 1.80. The van der Waals surface area contributed by atoms with Crippen LogP contribution in [0.2, 0.25) is 0 Å². The van der Waals surface area contributed by atoms with E-state index in [1.807, 2.05) is 36.5 Å². The molecule has 0 bridgehead atoms. The maximum Gasteiger partial charge on any atom is 0.263 e. The van der Waals surface area contributed by atoms with Crippen LogP contribution in [0, 0.1) is 0 Å². The quantitative estimate of drug-likeness (QED) is 0.565. The zero-order valence-electron chi connectivity index (χ0n) is 14.4. The lowest BCUT2D eigenvalue weighted by atomic mass is 10.1. The van der Waals surface area contributed by atoms with Crippen LogP contribution in [0.5, 0.6) is 0 Å². The van der Waals surface area contributed by atoms with Crippen molar-refractivity contribution in [2.45, 2.75) is 20.4 Å². The monoisotopic (exact) mass is 346 g/mol. The van der Waals surface area contributed by atoms with Gasteiger partial charge in [-0.3, -0.25) is 0 Å². The largest absolute Gasteiger partial charge is 0.461 e. The fourth-order valence-corrected chi connectivity index (χ4v) is 4.30. The Morgan fingerprint density at radius 1 is 1.00 bits per heavy atom. The summed E-state index contributed by atoms with van der Waals surface area (Å²) in [6, 6.07) is 18.8. The van der Waals surface area contributed by atoms with Crippen LogP contribution < -0.4 is 4.57 Å². The minimum absolute atomic E-state index is 0.899. The molecule has 3 heteroatoms. The number of ether oxygens (including phenoxy) is 1. The average Bonchev–Trinajstić information content (AvgIpc) is 2.99. The van der Waals surface area contributed by atoms with Crippen molar-refractivity contribution in [3.63, 3.8) is 0 Å². The third-order valence-corrected chi connectivity index (χ3v) is 5.35. The lowest BCUT2D eigenvalue weighted by molar-refractivity contribution is -0.665. The molecule has 0 atom stereocenters. The Bertz CT molecular complexity index is 1010.